The van der Waals surface area contributed by atoms with Gasteiger partial charge in [0, 0.05) is 33.2 Å². The van der Waals surface area contributed by atoms with Crippen molar-refractivity contribution in [1.29, 1.82) is 0 Å². The first kappa shape index (κ1) is 21.5. The predicted molar refractivity (Wildman–Crippen MR) is 107 cm³/mol. The number of fused-ring (bicyclic) bond motifs is 2. The van der Waals surface area contributed by atoms with Crippen LogP contribution in [0.2, 0.25) is 5.02 Å². The Labute approximate surface area is 182 Å². The van der Waals surface area contributed by atoms with Crippen molar-refractivity contribution in [2.45, 2.75) is 25.5 Å². The summed E-state index contributed by atoms with van der Waals surface area (Å²) >= 11 is 5.82. The van der Waals surface area contributed by atoms with Gasteiger partial charge in [0.05, 0.1) is 11.1 Å². The molecule has 3 aliphatic rings. The first-order chi connectivity index (χ1) is 14.7. The highest BCUT2D eigenvalue weighted by atomic mass is 35.5. The molecule has 31 heavy (non-hydrogen) atoms. The molecule has 3 heterocycles. The number of amides is 3. The maximum absolute atomic E-state index is 13.4. The number of halogens is 2. The number of carbonyl (C=O) groups is 4. The fourth-order valence-corrected chi connectivity index (χ4v) is 4.53. The molecule has 0 aromatic heterocycles. The van der Waals surface area contributed by atoms with E-state index in [2.05, 4.69) is 0 Å². The molecule has 0 aliphatic carbocycles. The van der Waals surface area contributed by atoms with Crippen LogP contribution in [0.25, 0.3) is 0 Å². The van der Waals surface area contributed by atoms with Gasteiger partial charge in [-0.05, 0) is 36.1 Å². The number of piperidine rings is 1. The van der Waals surface area contributed by atoms with Crippen LogP contribution >= 0.6 is 11.6 Å². The first-order valence-electron chi connectivity index (χ1n) is 9.94. The summed E-state index contributed by atoms with van der Waals surface area (Å²) in [6.45, 7) is 0.464. The molecule has 3 amide bonds. The zero-order chi connectivity index (χ0) is 22.4. The Bertz CT molecular complexity index is 1030. The molecule has 2 unspecified atom stereocenters. The molecular weight excluding hydrogens is 429 g/mol. The van der Waals surface area contributed by atoms with Crippen LogP contribution in [-0.4, -0.2) is 76.1 Å². The van der Waals surface area contributed by atoms with E-state index in [4.69, 9.17) is 11.6 Å². The summed E-state index contributed by atoms with van der Waals surface area (Å²) < 4.78 is 13.4. The monoisotopic (exact) mass is 449 g/mol. The van der Waals surface area contributed by atoms with Crippen molar-refractivity contribution in [1.82, 2.24) is 14.7 Å². The van der Waals surface area contributed by atoms with Crippen molar-refractivity contribution >= 4 is 35.1 Å². The van der Waals surface area contributed by atoms with Gasteiger partial charge in [0.1, 0.15) is 17.4 Å². The smallest absolute Gasteiger partial charge is 0.295 e. The van der Waals surface area contributed by atoms with Gasteiger partial charge in [0.15, 0.2) is 0 Å². The molecule has 0 spiro atoms. The fourth-order valence-electron chi connectivity index (χ4n) is 4.33. The lowest BCUT2D eigenvalue weighted by Crippen LogP contribution is -2.57. The highest BCUT2D eigenvalue weighted by Crippen LogP contribution is 2.36. The number of benzene rings is 1. The van der Waals surface area contributed by atoms with E-state index in [0.29, 0.717) is 11.1 Å². The highest BCUT2D eigenvalue weighted by molar-refractivity contribution is 6.43. The van der Waals surface area contributed by atoms with Gasteiger partial charge in [-0.1, -0.05) is 17.7 Å². The van der Waals surface area contributed by atoms with E-state index in [0.717, 1.165) is 4.90 Å². The lowest BCUT2D eigenvalue weighted by atomic mass is 9.81. The molecule has 10 heteroatoms. The van der Waals surface area contributed by atoms with Crippen LogP contribution in [0, 0.1) is 11.7 Å². The summed E-state index contributed by atoms with van der Waals surface area (Å²) in [6, 6.07) is 4.10. The lowest BCUT2D eigenvalue weighted by molar-refractivity contribution is -0.154. The van der Waals surface area contributed by atoms with Crippen molar-refractivity contribution in [2.24, 2.45) is 5.92 Å². The SMILES string of the molecule is CN1CC(O)CCN2C(=O)C(=O)C3C(=O)N(Cc4ccc(F)c(Cl)c4)CCC3=C2C1=O. The average molecular weight is 450 g/mol. The van der Waals surface area contributed by atoms with E-state index in [1.54, 1.807) is 0 Å². The van der Waals surface area contributed by atoms with E-state index in [1.807, 2.05) is 0 Å². The number of aliphatic hydroxyl groups excluding tert-OH is 1. The Hall–Kier alpha value is -2.78. The zero-order valence-electron chi connectivity index (χ0n) is 16.8. The largest absolute Gasteiger partial charge is 0.391 e. The topological polar surface area (TPSA) is 98.2 Å². The normalized spacial score (nSPS) is 24.8. The maximum Gasteiger partial charge on any atom is 0.295 e. The number of rotatable bonds is 2. The molecule has 164 valence electrons. The molecule has 2 fully saturated rings. The van der Waals surface area contributed by atoms with Crippen molar-refractivity contribution in [2.75, 3.05) is 26.7 Å². The molecule has 4 rings (SSSR count). The van der Waals surface area contributed by atoms with Crippen LogP contribution in [0.4, 0.5) is 4.39 Å². The number of hydrogen-bond acceptors (Lipinski definition) is 5. The van der Waals surface area contributed by atoms with Crippen molar-refractivity contribution in [3.63, 3.8) is 0 Å². The third kappa shape index (κ3) is 3.72. The quantitative estimate of drug-likeness (QED) is 0.530. The van der Waals surface area contributed by atoms with Gasteiger partial charge >= 0.3 is 0 Å². The van der Waals surface area contributed by atoms with Crippen LogP contribution in [0.15, 0.2) is 29.5 Å². The van der Waals surface area contributed by atoms with Gasteiger partial charge in [0.25, 0.3) is 11.8 Å². The fraction of sp³-hybridized carbons (Fsp3) is 0.429. The predicted octanol–water partition coefficient (Wildman–Crippen LogP) is 0.716. The Kier molecular flexibility index (Phi) is 5.57. The number of β-amino-alcohol motifs (C(OH)–C–C–N with tert-alkyl or cyclic N) is 1. The summed E-state index contributed by atoms with van der Waals surface area (Å²) in [6.07, 6.45) is -0.353. The van der Waals surface area contributed by atoms with E-state index >= 15 is 0 Å². The van der Waals surface area contributed by atoms with Crippen molar-refractivity contribution in [3.8, 4) is 0 Å². The standard InChI is InChI=1S/C21H21ClFN3O5/c1-24-10-12(27)4-7-26-17(20(24)30)13-5-6-25(19(29)16(13)18(28)21(26)31)9-11-2-3-15(23)14(22)8-11/h2-3,8,12,16,27H,4-7,9-10H2,1H3. The minimum Gasteiger partial charge on any atom is -0.391 e. The Morgan fingerprint density at radius 3 is 2.61 bits per heavy atom. The molecule has 1 N–H and O–H groups in total. The van der Waals surface area contributed by atoms with E-state index in [-0.39, 0.29) is 49.7 Å². The van der Waals surface area contributed by atoms with Crippen LogP contribution in [0.5, 0.6) is 0 Å². The minimum atomic E-state index is -1.34. The summed E-state index contributed by atoms with van der Waals surface area (Å²) in [5.41, 5.74) is 1.00. The molecule has 2 saturated heterocycles. The lowest BCUT2D eigenvalue weighted by Gasteiger charge is -2.42. The second kappa shape index (κ2) is 8.05. The molecule has 0 saturated carbocycles. The second-order valence-electron chi connectivity index (χ2n) is 8.01. The molecule has 0 bridgehead atoms. The van der Waals surface area contributed by atoms with Crippen LogP contribution in [0.1, 0.15) is 18.4 Å². The van der Waals surface area contributed by atoms with Crippen molar-refractivity contribution in [3.05, 3.63) is 45.9 Å². The van der Waals surface area contributed by atoms with Crippen LogP contribution < -0.4 is 0 Å². The number of hydrogen-bond donors (Lipinski definition) is 1. The molecule has 8 nitrogen and oxygen atoms in total. The van der Waals surface area contributed by atoms with E-state index in [9.17, 15) is 28.7 Å². The number of likely N-dealkylation sites (tertiary alicyclic amines) is 1. The van der Waals surface area contributed by atoms with E-state index < -0.39 is 41.3 Å². The summed E-state index contributed by atoms with van der Waals surface area (Å²) in [5.74, 6) is -4.77. The van der Waals surface area contributed by atoms with Gasteiger partial charge in [-0.2, -0.15) is 0 Å². The van der Waals surface area contributed by atoms with Gasteiger partial charge in [-0.25, -0.2) is 4.39 Å². The number of ketones is 1. The van der Waals surface area contributed by atoms with Gasteiger partial charge in [-0.15, -0.1) is 0 Å². The molecule has 1 aromatic carbocycles. The molecule has 2 atom stereocenters. The second-order valence-corrected chi connectivity index (χ2v) is 8.42. The van der Waals surface area contributed by atoms with Crippen molar-refractivity contribution < 1.29 is 28.7 Å². The van der Waals surface area contributed by atoms with E-state index in [1.165, 1.54) is 35.0 Å². The average Bonchev–Trinajstić information content (AvgIpc) is 2.72. The number of aliphatic hydroxyl groups is 1. The molecule has 3 aliphatic heterocycles. The summed E-state index contributed by atoms with van der Waals surface area (Å²) in [4.78, 5) is 55.7. The molecule has 1 aromatic rings. The summed E-state index contributed by atoms with van der Waals surface area (Å²) in [7, 11) is 1.51. The van der Waals surface area contributed by atoms with Gasteiger partial charge in [0.2, 0.25) is 11.7 Å². The maximum atomic E-state index is 13.4. The van der Waals surface area contributed by atoms with Crippen LogP contribution in [-0.2, 0) is 25.7 Å². The summed E-state index contributed by atoms with van der Waals surface area (Å²) in [5, 5.41) is 9.93. The highest BCUT2D eigenvalue weighted by Gasteiger charge is 2.50. The zero-order valence-corrected chi connectivity index (χ0v) is 17.6. The third-order valence-corrected chi connectivity index (χ3v) is 6.22. The number of carbonyl (C=O) groups excluding carboxylic acids is 4. The Balaban J connectivity index is 1.68. The number of nitrogens with zero attached hydrogens (tertiary/aromatic N) is 3. The number of Topliss-reactive ketones (excluding diaryl/α,β-unsaturated/α-hetero) is 1. The Morgan fingerprint density at radius 2 is 1.90 bits per heavy atom. The molecule has 0 radical (unpaired) electrons. The van der Waals surface area contributed by atoms with Crippen LogP contribution in [0.3, 0.4) is 0 Å². The number of likely N-dealkylation sites (N-methyl/N-ethyl adjacent to an activating group) is 1. The first-order valence-corrected chi connectivity index (χ1v) is 10.3. The van der Waals surface area contributed by atoms with Gasteiger partial charge < -0.3 is 19.8 Å². The van der Waals surface area contributed by atoms with Gasteiger partial charge in [-0.3, -0.25) is 19.2 Å². The molecular formula is C21H21ClFN3O5. The third-order valence-electron chi connectivity index (χ3n) is 5.93. The Morgan fingerprint density at radius 1 is 1.16 bits per heavy atom. The minimum absolute atomic E-state index is 0.0306.